The summed E-state index contributed by atoms with van der Waals surface area (Å²) in [6.07, 6.45) is 21.7. The van der Waals surface area contributed by atoms with Crippen LogP contribution in [0.25, 0.3) is 57.5 Å². The molecule has 0 saturated carbocycles. The molecule has 0 spiro atoms. The van der Waals surface area contributed by atoms with Crippen molar-refractivity contribution >= 4 is 98.5 Å². The maximum atomic E-state index is 12.2. The van der Waals surface area contributed by atoms with Gasteiger partial charge in [0.2, 0.25) is 0 Å². The van der Waals surface area contributed by atoms with Crippen LogP contribution in [0.15, 0.2) is 140 Å². The van der Waals surface area contributed by atoms with E-state index in [1.165, 1.54) is 0 Å². The molecule has 0 unspecified atom stereocenters. The molecule has 376 valence electrons. The van der Waals surface area contributed by atoms with Crippen molar-refractivity contribution in [2.45, 2.75) is 51.4 Å². The summed E-state index contributed by atoms with van der Waals surface area (Å²) in [5.74, 6) is 3.62. The first-order chi connectivity index (χ1) is 36.8. The number of carboxylic acid groups (broad SMARTS) is 4. The maximum Gasteiger partial charge on any atom is 2.00 e. The number of nitrogens with one attached hydrogen (secondary N) is 4. The van der Waals surface area contributed by atoms with Crippen molar-refractivity contribution in [1.29, 1.82) is 0 Å². The van der Waals surface area contributed by atoms with Crippen LogP contribution >= 0.6 is 0 Å². The van der Waals surface area contributed by atoms with Crippen LogP contribution in [0.5, 0.6) is 0 Å². The maximum absolute atomic E-state index is 12.2. The fourth-order valence-electron chi connectivity index (χ4n) is 9.78. The van der Waals surface area contributed by atoms with Gasteiger partial charge in [0, 0.05) is 95.2 Å². The molecule has 4 aromatic rings. The summed E-state index contributed by atoms with van der Waals surface area (Å²) in [7, 11) is 1.90. The predicted molar refractivity (Wildman–Crippen MR) is 290 cm³/mol. The topological polar surface area (TPSA) is 275 Å². The molecule has 0 aliphatic carbocycles. The number of aliphatic imine (C=N–C) groups is 3. The third-order valence-corrected chi connectivity index (χ3v) is 13.5. The molecular formula is C58H46N10NaO8Zn+3. The summed E-state index contributed by atoms with van der Waals surface area (Å²) in [5.41, 5.74) is 13.1. The number of aliphatic carboxylic acids is 4. The zero-order valence-electron chi connectivity index (χ0n) is 42.4. The Morgan fingerprint density at radius 3 is 1.63 bits per heavy atom. The number of fused-ring (bicyclic) bond motifs is 13. The molecule has 11 rings (SSSR count). The normalized spacial score (nSPS) is 16.5. The van der Waals surface area contributed by atoms with Crippen molar-refractivity contribution in [2.24, 2.45) is 15.0 Å². The van der Waals surface area contributed by atoms with E-state index in [2.05, 4.69) is 32.1 Å². The summed E-state index contributed by atoms with van der Waals surface area (Å²) in [6, 6.07) is 13.2. The smallest absolute Gasteiger partial charge is 0.481 e. The standard InChI is InChI=1S/C58H46N10O8.Na.Zn/c1-68-29-28-59-58(68)57-51-22-20-49(66-51)37(8-26-55(73)74)47-18-14-43(64-47)34(44-15-19-48(65-44)38(9-27-56(75)76)50-21-23-52(57)67-50)5-4-33-41-12-16-45(62-41)35(6-24-53(69)70)39-10-2-31(60-39)30-32-3-11-40(61-32)36(7-25-54(71)72)46-17-13-42(33)63-46;;/h2-3,10-23,28-30,59-61,66H,6-9,24-27H2,1H3,(H,69,70)(H,71,72)(H,73,74)(H,75,76);;/q;+1;+2/b31-30?,32-30?,39-35?,40-36?,41-33?,42-33?,44-34?,45-35?,46-36?,47-37?,50-38?,58-57+;;. The molecule has 11 heterocycles. The molecule has 0 fully saturated rings. The number of hydrogen-bond acceptors (Lipinski definition) is 11. The number of H-pyrrole nitrogens is 3. The molecule has 20 heteroatoms. The number of aromatic nitrogens is 5. The summed E-state index contributed by atoms with van der Waals surface area (Å²) < 4.78 is 0. The molecule has 8 N–H and O–H groups in total. The number of carboxylic acids is 4. The van der Waals surface area contributed by atoms with Gasteiger partial charge in [0.1, 0.15) is 5.82 Å². The van der Waals surface area contributed by atoms with Crippen molar-refractivity contribution in [1.82, 2.24) is 35.1 Å². The van der Waals surface area contributed by atoms with E-state index in [1.54, 1.807) is 30.4 Å². The first-order valence-corrected chi connectivity index (χ1v) is 24.4. The van der Waals surface area contributed by atoms with Crippen LogP contribution in [0.3, 0.4) is 0 Å². The van der Waals surface area contributed by atoms with Crippen LogP contribution in [-0.4, -0.2) is 98.3 Å². The van der Waals surface area contributed by atoms with Gasteiger partial charge in [-0.25, -0.2) is 24.9 Å². The molecule has 7 aliphatic rings. The third-order valence-electron chi connectivity index (χ3n) is 13.5. The van der Waals surface area contributed by atoms with Gasteiger partial charge in [-0.15, -0.1) is 0 Å². The Kier molecular flexibility index (Phi) is 16.0. The number of carbonyl (C=O) groups is 4. The summed E-state index contributed by atoms with van der Waals surface area (Å²) >= 11 is 0. The zero-order chi connectivity index (χ0) is 52.6. The van der Waals surface area contributed by atoms with E-state index < -0.39 is 23.9 Å². The minimum Gasteiger partial charge on any atom is -0.481 e. The minimum absolute atomic E-state index is 0. The van der Waals surface area contributed by atoms with E-state index in [0.29, 0.717) is 113 Å². The van der Waals surface area contributed by atoms with Crippen molar-refractivity contribution in [2.75, 3.05) is 7.05 Å². The molecule has 4 aromatic heterocycles. The van der Waals surface area contributed by atoms with E-state index in [1.807, 2.05) is 97.2 Å². The van der Waals surface area contributed by atoms with E-state index in [0.717, 1.165) is 22.4 Å². The van der Waals surface area contributed by atoms with Gasteiger partial charge < -0.3 is 45.6 Å². The summed E-state index contributed by atoms with van der Waals surface area (Å²) in [6.45, 7) is 0. The predicted octanol–water partition coefficient (Wildman–Crippen LogP) is 5.74. The third kappa shape index (κ3) is 11.3. The number of aromatic amines is 3. The molecule has 78 heavy (non-hydrogen) atoms. The van der Waals surface area contributed by atoms with Crippen molar-refractivity contribution in [3.63, 3.8) is 0 Å². The Balaban J connectivity index is 0.00000370. The molecule has 0 atom stereocenters. The average Bonchev–Trinajstić information content (AvgIpc) is 4.23. The Hall–Kier alpha value is -8.53. The number of nitrogens with zero attached hydrogens (tertiary/aromatic N) is 6. The van der Waals surface area contributed by atoms with E-state index in [4.69, 9.17) is 24.9 Å². The molecule has 16 bridgehead atoms. The molecular weight excluding hydrogens is 1050 g/mol. The van der Waals surface area contributed by atoms with Gasteiger partial charge in [0.15, 0.2) is 0 Å². The molecule has 0 saturated heterocycles. The van der Waals surface area contributed by atoms with Crippen LogP contribution in [0.1, 0.15) is 89.4 Å². The van der Waals surface area contributed by atoms with Gasteiger partial charge in [-0.2, -0.15) is 0 Å². The Morgan fingerprint density at radius 1 is 0.538 bits per heavy atom. The Bertz CT molecular complexity index is 3850. The van der Waals surface area contributed by atoms with Crippen LogP contribution < -0.4 is 34.9 Å². The van der Waals surface area contributed by atoms with E-state index >= 15 is 0 Å². The fraction of sp³-hybridized carbons (Fsp3) is 0.155. The second kappa shape index (κ2) is 23.0. The Morgan fingerprint density at radius 2 is 1.04 bits per heavy atom. The van der Waals surface area contributed by atoms with Crippen LogP contribution in [-0.2, 0) is 51.5 Å². The van der Waals surface area contributed by atoms with Crippen LogP contribution in [0.2, 0.25) is 0 Å². The molecule has 0 aromatic carbocycles. The number of aryl methyl sites for hydroxylation is 2. The fourth-order valence-corrected chi connectivity index (χ4v) is 9.78. The van der Waals surface area contributed by atoms with E-state index in [9.17, 15) is 39.6 Å². The second-order valence-electron chi connectivity index (χ2n) is 18.4. The SMILES string of the molecule is CN1C=CN/C1=C1\C2=NC(=C(CCC(=O)O)C3=NC(=C(C#Cc4c5nc(c(CCC(=O)O)c6ccc(cc7ccc([nH]7)c(CCC(=O)O)c7nc4C=C7)[nH]6)C=C5)C4=NC(=C(CCC(=O)O)c5ccc1[nH]5)C=C4)C=C3)C=C2.[Na+].[Zn+2]. The number of allylic oxidation sites excluding steroid dienone is 10. The van der Waals surface area contributed by atoms with Gasteiger partial charge in [-0.1, -0.05) is 11.8 Å². The molecule has 0 amide bonds. The summed E-state index contributed by atoms with van der Waals surface area (Å²) in [5, 5.41) is 42.9. The quantitative estimate of drug-likeness (QED) is 0.0538. The van der Waals surface area contributed by atoms with Gasteiger partial charge in [0.05, 0.1) is 79.4 Å². The van der Waals surface area contributed by atoms with Gasteiger partial charge in [-0.05, 0) is 129 Å². The summed E-state index contributed by atoms with van der Waals surface area (Å²) in [4.78, 5) is 86.2. The molecule has 7 aliphatic heterocycles. The minimum atomic E-state index is -0.990. The average molecular weight is 1100 g/mol. The molecule has 18 nitrogen and oxygen atoms in total. The van der Waals surface area contributed by atoms with Crippen LogP contribution in [0, 0.1) is 11.8 Å². The van der Waals surface area contributed by atoms with Gasteiger partial charge >= 0.3 is 72.9 Å². The van der Waals surface area contributed by atoms with Crippen molar-refractivity contribution in [3.8, 4) is 11.8 Å². The van der Waals surface area contributed by atoms with E-state index in [-0.39, 0.29) is 100 Å². The van der Waals surface area contributed by atoms with Gasteiger partial charge in [-0.3, -0.25) is 19.2 Å². The van der Waals surface area contributed by atoms with Crippen molar-refractivity contribution in [3.05, 3.63) is 176 Å². The largest absolute Gasteiger partial charge is 2.00 e. The first-order valence-electron chi connectivity index (χ1n) is 24.4. The van der Waals surface area contributed by atoms with Gasteiger partial charge in [0.25, 0.3) is 0 Å². The Labute approximate surface area is 480 Å². The number of hydrogen-bond donors (Lipinski definition) is 8. The monoisotopic (exact) mass is 1100 g/mol. The van der Waals surface area contributed by atoms with Crippen LogP contribution in [0.4, 0.5) is 0 Å². The second-order valence-corrected chi connectivity index (χ2v) is 18.4. The molecule has 0 radical (unpaired) electrons. The van der Waals surface area contributed by atoms with Crippen molar-refractivity contribution < 1.29 is 88.6 Å². The number of rotatable bonds is 12. The zero-order valence-corrected chi connectivity index (χ0v) is 47.4. The first kappa shape index (κ1) is 54.3.